The summed E-state index contributed by atoms with van der Waals surface area (Å²) in [5.41, 5.74) is 5.56. The van der Waals surface area contributed by atoms with Gasteiger partial charge in [0.2, 0.25) is 0 Å². The molecule has 0 radical (unpaired) electrons. The van der Waals surface area contributed by atoms with Crippen molar-refractivity contribution >= 4 is 23.1 Å². The number of hydrogen-bond acceptors (Lipinski definition) is 5. The number of pyridine rings is 1. The van der Waals surface area contributed by atoms with Crippen molar-refractivity contribution in [2.45, 2.75) is 6.42 Å². The summed E-state index contributed by atoms with van der Waals surface area (Å²) in [5.74, 6) is -1.01. The number of carbonyl (C=O) groups excluding carboxylic acids is 1. The van der Waals surface area contributed by atoms with Crippen LogP contribution in [0.3, 0.4) is 0 Å². The number of hydrogen-bond donors (Lipinski definition) is 2. The van der Waals surface area contributed by atoms with Crippen molar-refractivity contribution < 1.29 is 9.18 Å². The van der Waals surface area contributed by atoms with Crippen molar-refractivity contribution in [2.24, 2.45) is 0 Å². The summed E-state index contributed by atoms with van der Waals surface area (Å²) >= 11 is 1.52. The van der Waals surface area contributed by atoms with Crippen LogP contribution in [0.15, 0.2) is 23.8 Å². The van der Waals surface area contributed by atoms with E-state index in [-0.39, 0.29) is 11.4 Å². The monoisotopic (exact) mass is 266 g/mol. The molecular weight excluding hydrogens is 255 g/mol. The summed E-state index contributed by atoms with van der Waals surface area (Å²) < 4.78 is 12.9. The lowest BCUT2D eigenvalue weighted by Gasteiger charge is -2.06. The average Bonchev–Trinajstić information content (AvgIpc) is 2.85. The standard InChI is InChI=1S/C11H11FN4OS/c12-7-5-8(10(13)16-6-7)11(17)15-2-1-9-14-3-4-18-9/h3-6H,1-2H2,(H2,13,16)(H,15,17). The number of halogens is 1. The normalized spacial score (nSPS) is 10.3. The van der Waals surface area contributed by atoms with Gasteiger partial charge in [0, 0.05) is 24.5 Å². The van der Waals surface area contributed by atoms with E-state index >= 15 is 0 Å². The minimum atomic E-state index is -0.589. The molecule has 0 aliphatic heterocycles. The highest BCUT2D eigenvalue weighted by Gasteiger charge is 2.11. The van der Waals surface area contributed by atoms with Crippen LogP contribution in [0.25, 0.3) is 0 Å². The Kier molecular flexibility index (Phi) is 3.83. The van der Waals surface area contributed by atoms with Crippen LogP contribution in [0.4, 0.5) is 10.2 Å². The van der Waals surface area contributed by atoms with Crippen molar-refractivity contribution in [3.63, 3.8) is 0 Å². The van der Waals surface area contributed by atoms with Crippen LogP contribution in [0.1, 0.15) is 15.4 Å². The molecule has 0 aromatic carbocycles. The van der Waals surface area contributed by atoms with Crippen LogP contribution in [-0.2, 0) is 6.42 Å². The zero-order valence-electron chi connectivity index (χ0n) is 9.39. The zero-order chi connectivity index (χ0) is 13.0. The lowest BCUT2D eigenvalue weighted by molar-refractivity contribution is 0.0954. The van der Waals surface area contributed by atoms with Gasteiger partial charge in [-0.1, -0.05) is 0 Å². The van der Waals surface area contributed by atoms with E-state index in [1.807, 2.05) is 5.38 Å². The summed E-state index contributed by atoms with van der Waals surface area (Å²) in [6.07, 6.45) is 3.31. The average molecular weight is 266 g/mol. The molecule has 2 aromatic heterocycles. The lowest BCUT2D eigenvalue weighted by Crippen LogP contribution is -2.26. The van der Waals surface area contributed by atoms with Gasteiger partial charge in [0.25, 0.3) is 5.91 Å². The summed E-state index contributed by atoms with van der Waals surface area (Å²) in [7, 11) is 0. The number of nitrogen functional groups attached to an aromatic ring is 1. The summed E-state index contributed by atoms with van der Waals surface area (Å²) in [4.78, 5) is 19.4. The third-order valence-electron chi connectivity index (χ3n) is 2.24. The topological polar surface area (TPSA) is 80.9 Å². The molecule has 0 fully saturated rings. The molecule has 7 heteroatoms. The van der Waals surface area contributed by atoms with Gasteiger partial charge in [-0.15, -0.1) is 11.3 Å². The summed E-state index contributed by atoms with van der Waals surface area (Å²) in [6.45, 7) is 0.419. The fourth-order valence-electron chi connectivity index (χ4n) is 1.39. The van der Waals surface area contributed by atoms with Gasteiger partial charge in [-0.25, -0.2) is 14.4 Å². The molecule has 0 aliphatic carbocycles. The number of carbonyl (C=O) groups is 1. The van der Waals surface area contributed by atoms with Crippen LogP contribution in [0, 0.1) is 5.82 Å². The number of nitrogens with one attached hydrogen (secondary N) is 1. The van der Waals surface area contributed by atoms with Crippen molar-refractivity contribution in [1.82, 2.24) is 15.3 Å². The fraction of sp³-hybridized carbons (Fsp3) is 0.182. The third kappa shape index (κ3) is 3.01. The second-order valence-corrected chi connectivity index (χ2v) is 4.50. The highest BCUT2D eigenvalue weighted by Crippen LogP contribution is 2.09. The molecule has 0 aliphatic rings. The van der Waals surface area contributed by atoms with Crippen LogP contribution >= 0.6 is 11.3 Å². The number of nitrogens with two attached hydrogens (primary N) is 1. The van der Waals surface area contributed by atoms with E-state index in [4.69, 9.17) is 5.73 Å². The van der Waals surface area contributed by atoms with E-state index in [0.717, 1.165) is 17.3 Å². The van der Waals surface area contributed by atoms with Crippen LogP contribution < -0.4 is 11.1 Å². The molecule has 0 saturated heterocycles. The molecule has 0 saturated carbocycles. The summed E-state index contributed by atoms with van der Waals surface area (Å²) in [5, 5.41) is 5.44. The largest absolute Gasteiger partial charge is 0.383 e. The predicted molar refractivity (Wildman–Crippen MR) is 66.8 cm³/mol. The highest BCUT2D eigenvalue weighted by atomic mass is 32.1. The maximum atomic E-state index is 12.9. The molecule has 94 valence electrons. The SMILES string of the molecule is Nc1ncc(F)cc1C(=O)NCCc1nccs1. The molecule has 2 aromatic rings. The Bertz CT molecular complexity index is 544. The van der Waals surface area contributed by atoms with Gasteiger partial charge >= 0.3 is 0 Å². The lowest BCUT2D eigenvalue weighted by atomic mass is 10.2. The van der Waals surface area contributed by atoms with E-state index in [1.54, 1.807) is 6.20 Å². The van der Waals surface area contributed by atoms with Gasteiger partial charge in [-0.3, -0.25) is 4.79 Å². The molecular formula is C11H11FN4OS. The number of amides is 1. The first-order chi connectivity index (χ1) is 8.66. The van der Waals surface area contributed by atoms with Crippen molar-refractivity contribution in [3.05, 3.63) is 40.2 Å². The Labute approximate surface area is 107 Å². The van der Waals surface area contributed by atoms with Gasteiger partial charge in [0.05, 0.1) is 16.8 Å². The highest BCUT2D eigenvalue weighted by molar-refractivity contribution is 7.09. The Morgan fingerprint density at radius 2 is 2.33 bits per heavy atom. The molecule has 0 spiro atoms. The molecule has 0 unspecified atom stereocenters. The van der Waals surface area contributed by atoms with Crippen molar-refractivity contribution in [2.75, 3.05) is 12.3 Å². The molecule has 1 amide bonds. The van der Waals surface area contributed by atoms with Gasteiger partial charge in [0.15, 0.2) is 0 Å². The third-order valence-corrected chi connectivity index (χ3v) is 3.08. The second kappa shape index (κ2) is 5.54. The second-order valence-electron chi connectivity index (χ2n) is 3.52. The van der Waals surface area contributed by atoms with Gasteiger partial charge in [-0.05, 0) is 6.07 Å². The molecule has 5 nitrogen and oxygen atoms in total. The zero-order valence-corrected chi connectivity index (χ0v) is 10.2. The smallest absolute Gasteiger partial charge is 0.255 e. The van der Waals surface area contributed by atoms with E-state index in [2.05, 4.69) is 15.3 Å². The first-order valence-corrected chi connectivity index (χ1v) is 6.12. The molecule has 2 heterocycles. The fourth-order valence-corrected chi connectivity index (χ4v) is 2.01. The number of thiazole rings is 1. The van der Waals surface area contributed by atoms with Crippen molar-refractivity contribution in [3.8, 4) is 0 Å². The number of rotatable bonds is 4. The van der Waals surface area contributed by atoms with Gasteiger partial charge in [-0.2, -0.15) is 0 Å². The number of nitrogens with zero attached hydrogens (tertiary/aromatic N) is 2. The first kappa shape index (κ1) is 12.4. The van der Waals surface area contributed by atoms with Gasteiger partial charge in [0.1, 0.15) is 11.6 Å². The maximum Gasteiger partial charge on any atom is 0.255 e. The predicted octanol–water partition coefficient (Wildman–Crippen LogP) is 1.23. The minimum Gasteiger partial charge on any atom is -0.383 e. The van der Waals surface area contributed by atoms with Crippen LogP contribution in [0.2, 0.25) is 0 Å². The molecule has 2 rings (SSSR count). The van der Waals surface area contributed by atoms with E-state index < -0.39 is 11.7 Å². The van der Waals surface area contributed by atoms with Crippen molar-refractivity contribution in [1.29, 1.82) is 0 Å². The Morgan fingerprint density at radius 1 is 1.50 bits per heavy atom. The molecule has 3 N–H and O–H groups in total. The Balaban J connectivity index is 1.93. The molecule has 18 heavy (non-hydrogen) atoms. The van der Waals surface area contributed by atoms with Crippen LogP contribution in [-0.4, -0.2) is 22.4 Å². The first-order valence-electron chi connectivity index (χ1n) is 5.24. The Morgan fingerprint density at radius 3 is 3.06 bits per heavy atom. The molecule has 0 atom stereocenters. The van der Waals surface area contributed by atoms with Gasteiger partial charge < -0.3 is 11.1 Å². The molecule has 0 bridgehead atoms. The minimum absolute atomic E-state index is 0.0168. The van der Waals surface area contributed by atoms with E-state index in [0.29, 0.717) is 13.0 Å². The van der Waals surface area contributed by atoms with E-state index in [9.17, 15) is 9.18 Å². The summed E-state index contributed by atoms with van der Waals surface area (Å²) in [6, 6.07) is 1.07. The van der Waals surface area contributed by atoms with E-state index in [1.165, 1.54) is 11.3 Å². The maximum absolute atomic E-state index is 12.9. The quantitative estimate of drug-likeness (QED) is 0.872. The van der Waals surface area contributed by atoms with Crippen LogP contribution in [0.5, 0.6) is 0 Å². The number of anilines is 1. The Hall–Kier alpha value is -2.02. The number of aromatic nitrogens is 2.